The van der Waals surface area contributed by atoms with Crippen molar-refractivity contribution in [3.05, 3.63) is 31.2 Å². The molecule has 1 aliphatic rings. The van der Waals surface area contributed by atoms with Gasteiger partial charge in [0.15, 0.2) is 0 Å². The van der Waals surface area contributed by atoms with Gasteiger partial charge in [-0.2, -0.15) is 6.08 Å². The molecule has 0 saturated heterocycles. The van der Waals surface area contributed by atoms with E-state index in [0.717, 1.165) is 26.1 Å². The molecule has 0 N–H and O–H groups in total. The minimum atomic E-state index is 0. The van der Waals surface area contributed by atoms with Crippen LogP contribution in [0, 0.1) is 13.0 Å². The predicted molar refractivity (Wildman–Crippen MR) is 76.5 cm³/mol. The van der Waals surface area contributed by atoms with Crippen LogP contribution in [0.15, 0.2) is 18.2 Å². The first-order valence-electron chi connectivity index (χ1n) is 4.58. The molecule has 1 nitrogen and oxygen atoms in total. The minimum absolute atomic E-state index is 0. The van der Waals surface area contributed by atoms with Crippen LogP contribution in [-0.2, 0) is 21.7 Å². The molecule has 16 heavy (non-hydrogen) atoms. The largest absolute Gasteiger partial charge is 2.00 e. The first kappa shape index (κ1) is 30.2. The summed E-state index contributed by atoms with van der Waals surface area (Å²) in [7, 11) is 0. The van der Waals surface area contributed by atoms with Gasteiger partial charge < -0.3 is 11.8 Å². The fourth-order valence-corrected chi connectivity index (χ4v) is 0.880. The molecule has 0 saturated carbocycles. The first-order valence-corrected chi connectivity index (χ1v) is 4.58. The molecule has 5 heteroatoms. The van der Waals surface area contributed by atoms with E-state index in [4.69, 9.17) is 0 Å². The van der Waals surface area contributed by atoms with Gasteiger partial charge in [0.1, 0.15) is 0 Å². The Morgan fingerprint density at radius 1 is 1.19 bits per heavy atom. The Labute approximate surface area is 134 Å². The van der Waals surface area contributed by atoms with Crippen LogP contribution >= 0.6 is 37.2 Å². The molecule has 0 atom stereocenters. The van der Waals surface area contributed by atoms with Gasteiger partial charge in [0.2, 0.25) is 0 Å². The van der Waals surface area contributed by atoms with Crippen molar-refractivity contribution in [1.29, 1.82) is 0 Å². The van der Waals surface area contributed by atoms with Gasteiger partial charge in [-0.3, -0.25) is 6.08 Å². The molecule has 0 unspecified atom stereocenters. The fraction of sp³-hybridized carbons (Fsp3) is 0.545. The van der Waals surface area contributed by atoms with Gasteiger partial charge in [0, 0.05) is 0 Å². The van der Waals surface area contributed by atoms with Crippen molar-refractivity contribution in [2.45, 2.75) is 20.3 Å². The number of nitrogens with zero attached hydrogens (tertiary/aromatic N) is 1. The van der Waals surface area contributed by atoms with Crippen molar-refractivity contribution in [2.24, 2.45) is 0 Å². The zero-order valence-corrected chi connectivity index (χ0v) is 14.0. The summed E-state index contributed by atoms with van der Waals surface area (Å²) in [4.78, 5) is 2.26. The second-order valence-electron chi connectivity index (χ2n) is 2.53. The Kier molecular flexibility index (Phi) is 47.3. The molecule has 0 amide bonds. The zero-order valence-electron chi connectivity index (χ0n) is 9.94. The summed E-state index contributed by atoms with van der Waals surface area (Å²) in [6, 6.07) is 0. The zero-order chi connectivity index (χ0) is 9.23. The first-order chi connectivity index (χ1) is 5.85. The van der Waals surface area contributed by atoms with Crippen LogP contribution in [0.25, 0.3) is 0 Å². The number of rotatable bonds is 3. The van der Waals surface area contributed by atoms with E-state index in [9.17, 15) is 0 Å². The molecule has 0 bridgehead atoms. The van der Waals surface area contributed by atoms with E-state index < -0.39 is 0 Å². The van der Waals surface area contributed by atoms with Gasteiger partial charge in [-0.25, -0.2) is 12.2 Å². The molecular weight excluding hydrogens is 300 g/mol. The van der Waals surface area contributed by atoms with E-state index >= 15 is 0 Å². The van der Waals surface area contributed by atoms with Gasteiger partial charge >= 0.3 is 21.7 Å². The number of allylic oxidation sites excluding steroid dienone is 4. The molecule has 0 radical (unpaired) electrons. The third-order valence-electron chi connectivity index (χ3n) is 1.80. The number of hydrogen-bond acceptors (Lipinski definition) is 1. The Morgan fingerprint density at radius 2 is 1.69 bits per heavy atom. The molecule has 0 aliphatic heterocycles. The van der Waals surface area contributed by atoms with Gasteiger partial charge in [-0.15, -0.1) is 50.2 Å². The molecule has 0 aromatic carbocycles. The summed E-state index contributed by atoms with van der Waals surface area (Å²) in [6.45, 7) is 11.2. The van der Waals surface area contributed by atoms with Crippen LogP contribution < -0.4 is 0 Å². The van der Waals surface area contributed by atoms with Crippen molar-refractivity contribution < 1.29 is 21.7 Å². The van der Waals surface area contributed by atoms with Crippen LogP contribution in [0.1, 0.15) is 20.3 Å². The molecule has 0 aromatic heterocycles. The SMILES string of the molecule is Cl.Cl.Cl.[C-]1=CC=CC1.[CH2-]CN(CC)CC.[Ti+2]. The number of hydrogen-bond donors (Lipinski definition) is 0. The third-order valence-corrected chi connectivity index (χ3v) is 1.80. The van der Waals surface area contributed by atoms with Crippen molar-refractivity contribution in [1.82, 2.24) is 4.90 Å². The molecule has 0 aromatic rings. The van der Waals surface area contributed by atoms with Crippen LogP contribution in [0.3, 0.4) is 0 Å². The minimum Gasteiger partial charge on any atom is -0.333 e. The van der Waals surface area contributed by atoms with Crippen LogP contribution in [0.5, 0.6) is 0 Å². The molecule has 0 heterocycles. The van der Waals surface area contributed by atoms with E-state index in [2.05, 4.69) is 37.8 Å². The molecule has 0 spiro atoms. The Morgan fingerprint density at radius 3 is 1.75 bits per heavy atom. The second-order valence-corrected chi connectivity index (χ2v) is 2.53. The molecule has 0 fully saturated rings. The standard InChI is InChI=1S/C6H14N.C5H5.3ClH.Ti/c1-4-7(5-2)6-3;1-2-4-5-3-1;;;;/h1,4-6H2,2-3H3;1-3H,4H2;3*1H;/q2*-1;;;;+2. The molecule has 1 aliphatic carbocycles. The van der Waals surface area contributed by atoms with E-state index in [1.807, 2.05) is 12.2 Å². The summed E-state index contributed by atoms with van der Waals surface area (Å²) >= 11 is 0. The van der Waals surface area contributed by atoms with Crippen LogP contribution in [0.4, 0.5) is 0 Å². The summed E-state index contributed by atoms with van der Waals surface area (Å²) in [6.07, 6.45) is 10.0. The van der Waals surface area contributed by atoms with Crippen molar-refractivity contribution in [3.63, 3.8) is 0 Å². The molecular formula is C11H22Cl3NTi. The van der Waals surface area contributed by atoms with Crippen LogP contribution in [-0.4, -0.2) is 24.5 Å². The molecule has 96 valence electrons. The average molecular weight is 323 g/mol. The Bertz CT molecular complexity index is 133. The normalized spacial score (nSPS) is 10.0. The summed E-state index contributed by atoms with van der Waals surface area (Å²) in [5.74, 6) is 0. The van der Waals surface area contributed by atoms with Crippen molar-refractivity contribution >= 4 is 37.2 Å². The maximum absolute atomic E-state index is 3.75. The number of halogens is 3. The Balaban J connectivity index is -0.0000000411. The van der Waals surface area contributed by atoms with Gasteiger partial charge in [0.25, 0.3) is 0 Å². The fourth-order valence-electron chi connectivity index (χ4n) is 0.880. The maximum Gasteiger partial charge on any atom is 2.00 e. The van der Waals surface area contributed by atoms with Crippen LogP contribution in [0.2, 0.25) is 0 Å². The van der Waals surface area contributed by atoms with E-state index in [1.165, 1.54) is 0 Å². The molecule has 1 rings (SSSR count). The third kappa shape index (κ3) is 20.4. The van der Waals surface area contributed by atoms with Crippen molar-refractivity contribution in [3.8, 4) is 0 Å². The van der Waals surface area contributed by atoms with E-state index in [-0.39, 0.29) is 58.9 Å². The van der Waals surface area contributed by atoms with E-state index in [0.29, 0.717) is 0 Å². The summed E-state index contributed by atoms with van der Waals surface area (Å²) < 4.78 is 0. The smallest absolute Gasteiger partial charge is 0.333 e. The van der Waals surface area contributed by atoms with Gasteiger partial charge in [-0.1, -0.05) is 13.8 Å². The quantitative estimate of drug-likeness (QED) is 0.565. The average Bonchev–Trinajstić information content (AvgIpc) is 2.64. The summed E-state index contributed by atoms with van der Waals surface area (Å²) in [5, 5.41) is 0. The van der Waals surface area contributed by atoms with Gasteiger partial charge in [0.05, 0.1) is 0 Å². The topological polar surface area (TPSA) is 3.24 Å². The second kappa shape index (κ2) is 25.0. The van der Waals surface area contributed by atoms with Crippen molar-refractivity contribution in [2.75, 3.05) is 19.6 Å². The predicted octanol–water partition coefficient (Wildman–Crippen LogP) is 3.73. The Hall–Kier alpha value is 1.02. The van der Waals surface area contributed by atoms with E-state index in [1.54, 1.807) is 0 Å². The monoisotopic (exact) mass is 321 g/mol. The van der Waals surface area contributed by atoms with Gasteiger partial charge in [-0.05, 0) is 13.1 Å². The maximum atomic E-state index is 3.75. The summed E-state index contributed by atoms with van der Waals surface area (Å²) in [5.41, 5.74) is 0.